The second kappa shape index (κ2) is 10.2. The summed E-state index contributed by atoms with van der Waals surface area (Å²) in [6.07, 6.45) is 0.450. The van der Waals surface area contributed by atoms with Crippen LogP contribution in [-0.4, -0.2) is 69.0 Å². The van der Waals surface area contributed by atoms with Gasteiger partial charge >= 0.3 is 0 Å². The summed E-state index contributed by atoms with van der Waals surface area (Å²) in [7, 11) is -3.46. The van der Waals surface area contributed by atoms with Crippen LogP contribution in [0.4, 0.5) is 0 Å². The average Bonchev–Trinajstić information content (AvgIpc) is 2.68. The number of nitrogens with one attached hydrogen (secondary N) is 1. The number of carbonyl (C=O) groups is 1. The summed E-state index contributed by atoms with van der Waals surface area (Å²) in [5.41, 5.74) is 0.984. The van der Waals surface area contributed by atoms with Gasteiger partial charge < -0.3 is 15.0 Å². The third-order valence-corrected chi connectivity index (χ3v) is 6.70. The molecular weight excluding hydrogens is 366 g/mol. The molecule has 27 heavy (non-hydrogen) atoms. The lowest BCUT2D eigenvalue weighted by molar-refractivity contribution is -0.131. The van der Waals surface area contributed by atoms with Gasteiger partial charge in [0, 0.05) is 45.2 Å². The molecule has 1 heterocycles. The molecule has 0 spiro atoms. The zero-order valence-corrected chi connectivity index (χ0v) is 17.3. The highest BCUT2D eigenvalue weighted by Gasteiger charge is 2.26. The highest BCUT2D eigenvalue weighted by molar-refractivity contribution is 7.89. The van der Waals surface area contributed by atoms with Crippen LogP contribution < -0.4 is 5.32 Å². The van der Waals surface area contributed by atoms with Gasteiger partial charge in [-0.05, 0) is 38.5 Å². The van der Waals surface area contributed by atoms with E-state index in [9.17, 15) is 13.2 Å². The van der Waals surface area contributed by atoms with E-state index in [-0.39, 0.29) is 11.9 Å². The lowest BCUT2D eigenvalue weighted by atomic mass is 10.1. The van der Waals surface area contributed by atoms with Crippen LogP contribution in [0.2, 0.25) is 0 Å². The highest BCUT2D eigenvalue weighted by Crippen LogP contribution is 2.17. The van der Waals surface area contributed by atoms with Gasteiger partial charge in [0.1, 0.15) is 0 Å². The minimum Gasteiger partial charge on any atom is -0.379 e. The lowest BCUT2D eigenvalue weighted by Gasteiger charge is -2.26. The summed E-state index contributed by atoms with van der Waals surface area (Å²) in [5.74, 6) is 0.145. The van der Waals surface area contributed by atoms with E-state index in [4.69, 9.17) is 4.74 Å². The second-order valence-corrected chi connectivity index (χ2v) is 8.65. The van der Waals surface area contributed by atoms with Crippen molar-refractivity contribution in [2.24, 2.45) is 0 Å². The minimum absolute atomic E-state index is 0.0508. The van der Waals surface area contributed by atoms with Crippen LogP contribution >= 0.6 is 0 Å². The molecule has 1 saturated heterocycles. The Morgan fingerprint density at radius 1 is 1.19 bits per heavy atom. The van der Waals surface area contributed by atoms with E-state index in [1.54, 1.807) is 12.1 Å². The molecule has 7 nitrogen and oxygen atoms in total. The van der Waals surface area contributed by atoms with Gasteiger partial charge in [0.15, 0.2) is 0 Å². The smallest absolute Gasteiger partial charge is 0.243 e. The van der Waals surface area contributed by atoms with Crippen molar-refractivity contribution in [3.8, 4) is 0 Å². The Kier molecular flexibility index (Phi) is 8.22. The summed E-state index contributed by atoms with van der Waals surface area (Å²) in [6.45, 7) is 9.63. The van der Waals surface area contributed by atoms with E-state index < -0.39 is 10.0 Å². The van der Waals surface area contributed by atoms with Gasteiger partial charge in [-0.2, -0.15) is 4.31 Å². The SMILES string of the molecule is CCN(CC)C(=O)C[C@@H](C)NCc1ccc(S(=O)(=O)N2CCOCC2)cc1. The van der Waals surface area contributed by atoms with Gasteiger partial charge in [-0.1, -0.05) is 12.1 Å². The Hall–Kier alpha value is -1.48. The molecule has 8 heteroatoms. The molecule has 1 aromatic rings. The predicted molar refractivity (Wildman–Crippen MR) is 105 cm³/mol. The molecular formula is C19H31N3O4S. The third kappa shape index (κ3) is 6.00. The van der Waals surface area contributed by atoms with Gasteiger partial charge in [-0.25, -0.2) is 8.42 Å². The molecule has 0 radical (unpaired) electrons. The number of nitrogens with zero attached hydrogens (tertiary/aromatic N) is 2. The normalized spacial score (nSPS) is 16.9. The number of morpholine rings is 1. The Labute approximate surface area is 162 Å². The standard InChI is InChI=1S/C19H31N3O4S/c1-4-21(5-2)19(23)14-16(3)20-15-17-6-8-18(9-7-17)27(24,25)22-10-12-26-13-11-22/h6-9,16,20H,4-5,10-15H2,1-3H3/t16-/m1/s1. The first-order chi connectivity index (χ1) is 12.9. The second-order valence-electron chi connectivity index (χ2n) is 6.71. The van der Waals surface area contributed by atoms with Gasteiger partial charge in [0.25, 0.3) is 0 Å². The molecule has 0 aliphatic carbocycles. The zero-order valence-electron chi connectivity index (χ0n) is 16.5. The summed E-state index contributed by atoms with van der Waals surface area (Å²) in [6, 6.07) is 6.98. The predicted octanol–water partition coefficient (Wildman–Crippen LogP) is 1.44. The molecule has 152 valence electrons. The largest absolute Gasteiger partial charge is 0.379 e. The van der Waals surface area contributed by atoms with Crippen molar-refractivity contribution in [2.75, 3.05) is 39.4 Å². The maximum Gasteiger partial charge on any atom is 0.243 e. The molecule has 1 aliphatic heterocycles. The zero-order chi connectivity index (χ0) is 19.9. The molecule has 1 aliphatic rings. The summed E-state index contributed by atoms with van der Waals surface area (Å²) in [5, 5.41) is 3.33. The summed E-state index contributed by atoms with van der Waals surface area (Å²) in [4.78, 5) is 14.3. The summed E-state index contributed by atoms with van der Waals surface area (Å²) >= 11 is 0. The van der Waals surface area contributed by atoms with Crippen molar-refractivity contribution in [1.82, 2.24) is 14.5 Å². The topological polar surface area (TPSA) is 79.0 Å². The van der Waals surface area contributed by atoms with Crippen molar-refractivity contribution in [1.29, 1.82) is 0 Å². The Morgan fingerprint density at radius 2 is 1.78 bits per heavy atom. The first kappa shape index (κ1) is 21.8. The fourth-order valence-corrected chi connectivity index (χ4v) is 4.45. The molecule has 1 amide bonds. The van der Waals surface area contributed by atoms with Crippen LogP contribution in [0.15, 0.2) is 29.2 Å². The van der Waals surface area contributed by atoms with Crippen LogP contribution in [-0.2, 0) is 26.1 Å². The number of hydrogen-bond donors (Lipinski definition) is 1. The van der Waals surface area contributed by atoms with E-state index in [0.717, 1.165) is 18.7 Å². The Bertz CT molecular complexity index is 696. The Balaban J connectivity index is 1.89. The molecule has 1 fully saturated rings. The lowest BCUT2D eigenvalue weighted by Crippen LogP contribution is -2.40. The van der Waals surface area contributed by atoms with E-state index in [1.165, 1.54) is 4.31 Å². The molecule has 2 rings (SSSR count). The molecule has 1 aromatic carbocycles. The van der Waals surface area contributed by atoms with E-state index in [1.807, 2.05) is 37.8 Å². The molecule has 0 aromatic heterocycles. The summed E-state index contributed by atoms with van der Waals surface area (Å²) < 4.78 is 31.9. The minimum atomic E-state index is -3.46. The first-order valence-electron chi connectivity index (χ1n) is 9.56. The first-order valence-corrected chi connectivity index (χ1v) is 11.0. The van der Waals surface area contributed by atoms with Crippen molar-refractivity contribution in [3.05, 3.63) is 29.8 Å². The van der Waals surface area contributed by atoms with Gasteiger partial charge in [-0.15, -0.1) is 0 Å². The third-order valence-electron chi connectivity index (χ3n) is 4.78. The molecule has 0 saturated carbocycles. The highest BCUT2D eigenvalue weighted by atomic mass is 32.2. The van der Waals surface area contributed by atoms with Crippen LogP contribution in [0.25, 0.3) is 0 Å². The number of amides is 1. The maximum absolute atomic E-state index is 12.6. The fraction of sp³-hybridized carbons (Fsp3) is 0.632. The van der Waals surface area contributed by atoms with Crippen molar-refractivity contribution in [3.63, 3.8) is 0 Å². The number of ether oxygens (including phenoxy) is 1. The van der Waals surface area contributed by atoms with Gasteiger partial charge in [0.2, 0.25) is 15.9 Å². The van der Waals surface area contributed by atoms with Crippen LogP contribution in [0, 0.1) is 0 Å². The van der Waals surface area contributed by atoms with Crippen molar-refractivity contribution in [2.45, 2.75) is 44.7 Å². The number of hydrogen-bond acceptors (Lipinski definition) is 5. The van der Waals surface area contributed by atoms with Crippen molar-refractivity contribution >= 4 is 15.9 Å². The fourth-order valence-electron chi connectivity index (χ4n) is 3.05. The Morgan fingerprint density at radius 3 is 2.33 bits per heavy atom. The van der Waals surface area contributed by atoms with Crippen LogP contribution in [0.1, 0.15) is 32.8 Å². The van der Waals surface area contributed by atoms with Crippen LogP contribution in [0.5, 0.6) is 0 Å². The number of carbonyl (C=O) groups excluding carboxylic acids is 1. The number of sulfonamides is 1. The molecule has 0 unspecified atom stereocenters. The molecule has 0 bridgehead atoms. The van der Waals surface area contributed by atoms with E-state index in [2.05, 4.69) is 5.32 Å². The van der Waals surface area contributed by atoms with Crippen LogP contribution in [0.3, 0.4) is 0 Å². The maximum atomic E-state index is 12.6. The number of rotatable bonds is 9. The molecule has 1 atom stereocenters. The quantitative estimate of drug-likeness (QED) is 0.682. The van der Waals surface area contributed by atoms with Gasteiger partial charge in [0.05, 0.1) is 18.1 Å². The molecule has 1 N–H and O–H groups in total. The van der Waals surface area contributed by atoms with Crippen molar-refractivity contribution < 1.29 is 17.9 Å². The van der Waals surface area contributed by atoms with E-state index in [0.29, 0.717) is 44.2 Å². The average molecular weight is 398 g/mol. The van der Waals surface area contributed by atoms with E-state index >= 15 is 0 Å². The van der Waals surface area contributed by atoms with Gasteiger partial charge in [-0.3, -0.25) is 4.79 Å². The number of benzene rings is 1. The monoisotopic (exact) mass is 397 g/mol.